The van der Waals surface area contributed by atoms with Crippen LogP contribution in [0.5, 0.6) is 0 Å². The molecule has 0 aliphatic rings. The SMILES string of the molecule is CCCCCCCCCCCCCCCC(=O)OC[C@@H](O)COP(=O)(O)N[C@@H](CCCN=C(N)N)C(=O)N[C@@H](C)C(=O)N[C@@H](CS)C(=O)OCC(O)CO. The minimum absolute atomic E-state index is 0.0700. The lowest BCUT2D eigenvalue weighted by atomic mass is 10.0. The van der Waals surface area contributed by atoms with Gasteiger partial charge < -0.3 is 51.8 Å². The maximum atomic E-state index is 13.1. The number of thiol groups is 1. The fourth-order valence-corrected chi connectivity index (χ4v) is 6.29. The molecule has 0 heterocycles. The van der Waals surface area contributed by atoms with Crippen LogP contribution in [0.3, 0.4) is 0 Å². The molecule has 0 radical (unpaired) electrons. The van der Waals surface area contributed by atoms with E-state index in [0.717, 1.165) is 19.3 Å². The number of rotatable bonds is 34. The molecule has 0 saturated heterocycles. The summed E-state index contributed by atoms with van der Waals surface area (Å²) in [7, 11) is -4.75. The Balaban J connectivity index is 4.77. The summed E-state index contributed by atoms with van der Waals surface area (Å²) in [5.74, 6) is -3.54. The average Bonchev–Trinajstić information content (AvgIpc) is 3.13. The topological polar surface area (TPSA) is 294 Å². The van der Waals surface area contributed by atoms with Gasteiger partial charge in [0, 0.05) is 18.7 Å². The Morgan fingerprint density at radius 1 is 0.778 bits per heavy atom. The Morgan fingerprint density at radius 2 is 1.33 bits per heavy atom. The molecule has 316 valence electrons. The van der Waals surface area contributed by atoms with E-state index in [9.17, 15) is 38.8 Å². The number of nitrogens with two attached hydrogens (primary N) is 2. The number of aliphatic imine (C=N–C) groups is 1. The minimum atomic E-state index is -4.75. The maximum absolute atomic E-state index is 13.1. The minimum Gasteiger partial charge on any atom is -0.463 e. The molecule has 11 N–H and O–H groups in total. The van der Waals surface area contributed by atoms with Gasteiger partial charge in [0.25, 0.3) is 0 Å². The molecule has 54 heavy (non-hydrogen) atoms. The number of amides is 2. The lowest BCUT2D eigenvalue weighted by Gasteiger charge is -2.24. The molecule has 0 aliphatic carbocycles. The Hall–Kier alpha value is -2.51. The van der Waals surface area contributed by atoms with Crippen molar-refractivity contribution >= 4 is 50.1 Å². The number of aliphatic hydroxyl groups excluding tert-OH is 3. The summed E-state index contributed by atoms with van der Waals surface area (Å²) in [6.07, 6.45) is 12.8. The number of carbonyl (C=O) groups is 4. The van der Waals surface area contributed by atoms with Gasteiger partial charge in [0.15, 0.2) is 5.96 Å². The summed E-state index contributed by atoms with van der Waals surface area (Å²) in [5.41, 5.74) is 10.7. The molecule has 0 aromatic carbocycles. The summed E-state index contributed by atoms with van der Waals surface area (Å²) in [5, 5.41) is 35.4. The summed E-state index contributed by atoms with van der Waals surface area (Å²) in [6.45, 7) is 1.26. The predicted octanol–water partition coefficient (Wildman–Crippen LogP) is 1.32. The molecule has 0 bridgehead atoms. The van der Waals surface area contributed by atoms with Crippen LogP contribution in [0.15, 0.2) is 4.99 Å². The zero-order valence-corrected chi connectivity index (χ0v) is 33.8. The maximum Gasteiger partial charge on any atom is 0.403 e. The monoisotopic (exact) mass is 814 g/mol. The van der Waals surface area contributed by atoms with E-state index in [4.69, 9.17) is 30.6 Å². The molecule has 0 aliphatic heterocycles. The molecule has 0 aromatic rings. The lowest BCUT2D eigenvalue weighted by molar-refractivity contribution is -0.150. The number of nitrogens with zero attached hydrogens (tertiary/aromatic N) is 1. The first kappa shape index (κ1) is 51.5. The molecular formula is C34H67N6O12PS. The summed E-state index contributed by atoms with van der Waals surface area (Å²) >= 11 is 4.01. The number of hydrogen-bond acceptors (Lipinski definition) is 13. The standard InChI is InChI=1S/C34H67N6O12PS/c1-3-4-5-6-7-8-9-10-11-12-13-14-15-18-30(44)50-22-27(43)23-52-53(48,49)40-28(17-16-19-37-34(35)36)32(46)38-25(2)31(45)39-29(24-54)33(47)51-21-26(42)20-41/h25-29,41-43,54H,3-24H2,1-2H3,(H,38,46)(H,39,45)(H4,35,36,37)(H2,40,48,49)/t25-,26?,27+,28-,29-/m0/s1. The summed E-state index contributed by atoms with van der Waals surface area (Å²) in [6, 6.07) is -3.92. The number of carbonyl (C=O) groups excluding carboxylic acids is 4. The highest BCUT2D eigenvalue weighted by Crippen LogP contribution is 2.38. The molecule has 2 amide bonds. The van der Waals surface area contributed by atoms with Crippen LogP contribution in [0.1, 0.15) is 117 Å². The smallest absolute Gasteiger partial charge is 0.403 e. The molecule has 0 aromatic heterocycles. The Kier molecular flexibility index (Phi) is 30.2. The van der Waals surface area contributed by atoms with Gasteiger partial charge in [0.2, 0.25) is 11.8 Å². The molecule has 2 unspecified atom stereocenters. The van der Waals surface area contributed by atoms with Gasteiger partial charge in [-0.1, -0.05) is 84.0 Å². The van der Waals surface area contributed by atoms with Crippen molar-refractivity contribution in [3.63, 3.8) is 0 Å². The number of guanidine groups is 1. The van der Waals surface area contributed by atoms with E-state index in [2.05, 4.69) is 40.3 Å². The van der Waals surface area contributed by atoms with Crippen molar-refractivity contribution < 1.29 is 58.0 Å². The van der Waals surface area contributed by atoms with Crippen molar-refractivity contribution in [1.29, 1.82) is 0 Å². The van der Waals surface area contributed by atoms with Crippen LogP contribution in [0.2, 0.25) is 0 Å². The molecule has 6 atom stereocenters. The van der Waals surface area contributed by atoms with Gasteiger partial charge in [-0.15, -0.1) is 0 Å². The van der Waals surface area contributed by atoms with Crippen LogP contribution in [0, 0.1) is 0 Å². The van der Waals surface area contributed by atoms with Crippen molar-refractivity contribution in [2.45, 2.75) is 147 Å². The lowest BCUT2D eigenvalue weighted by Crippen LogP contribution is -2.54. The van der Waals surface area contributed by atoms with Gasteiger partial charge in [-0.05, 0) is 26.2 Å². The highest BCUT2D eigenvalue weighted by atomic mass is 32.1. The Morgan fingerprint density at radius 3 is 1.87 bits per heavy atom. The van der Waals surface area contributed by atoms with E-state index >= 15 is 0 Å². The first-order chi connectivity index (χ1) is 25.6. The van der Waals surface area contributed by atoms with Crippen molar-refractivity contribution in [2.24, 2.45) is 16.5 Å². The first-order valence-corrected chi connectivity index (χ1v) is 21.2. The second-order valence-corrected chi connectivity index (χ2v) is 15.1. The van der Waals surface area contributed by atoms with E-state index in [0.29, 0.717) is 6.42 Å². The van der Waals surface area contributed by atoms with E-state index in [1.54, 1.807) is 0 Å². The van der Waals surface area contributed by atoms with Crippen LogP contribution in [-0.4, -0.2) is 119 Å². The van der Waals surface area contributed by atoms with Crippen molar-refractivity contribution in [3.8, 4) is 0 Å². The number of aliphatic hydroxyl groups is 3. The quantitative estimate of drug-likeness (QED) is 0.0109. The average molecular weight is 815 g/mol. The molecule has 18 nitrogen and oxygen atoms in total. The summed E-state index contributed by atoms with van der Waals surface area (Å²) in [4.78, 5) is 64.4. The molecule has 0 rings (SSSR count). The van der Waals surface area contributed by atoms with Crippen molar-refractivity contribution in [2.75, 3.05) is 38.7 Å². The first-order valence-electron chi connectivity index (χ1n) is 19.0. The normalized spacial score (nSPS) is 15.2. The molecule has 0 spiro atoms. The number of nitrogens with one attached hydrogen (secondary N) is 3. The number of hydrogen-bond donors (Lipinski definition) is 10. The number of ether oxygens (including phenoxy) is 2. The second-order valence-electron chi connectivity index (χ2n) is 13.2. The third-order valence-electron chi connectivity index (χ3n) is 8.11. The second kappa shape index (κ2) is 31.7. The van der Waals surface area contributed by atoms with Gasteiger partial charge in [0.1, 0.15) is 37.5 Å². The molecule has 0 saturated carbocycles. The highest BCUT2D eigenvalue weighted by Gasteiger charge is 2.32. The zero-order chi connectivity index (χ0) is 40.8. The van der Waals surface area contributed by atoms with Gasteiger partial charge in [-0.25, -0.2) is 14.4 Å². The molecular weight excluding hydrogens is 747 g/mol. The fraction of sp³-hybridized carbons (Fsp3) is 0.853. The van der Waals surface area contributed by atoms with Crippen molar-refractivity contribution in [1.82, 2.24) is 15.7 Å². The number of unbranched alkanes of at least 4 members (excludes halogenated alkanes) is 12. The Bertz CT molecular complexity index is 1140. The molecule has 20 heteroatoms. The van der Waals surface area contributed by atoms with Crippen LogP contribution in [0.4, 0.5) is 0 Å². The van der Waals surface area contributed by atoms with Crippen LogP contribution >= 0.6 is 20.4 Å². The van der Waals surface area contributed by atoms with Gasteiger partial charge in [0.05, 0.1) is 19.3 Å². The number of esters is 2. The third kappa shape index (κ3) is 28.0. The van der Waals surface area contributed by atoms with Crippen LogP contribution in [-0.2, 0) is 37.7 Å². The van der Waals surface area contributed by atoms with Gasteiger partial charge in [-0.3, -0.25) is 23.9 Å². The van der Waals surface area contributed by atoms with E-state index < -0.39 is 88.3 Å². The fourth-order valence-electron chi connectivity index (χ4n) is 4.96. The van der Waals surface area contributed by atoms with Crippen LogP contribution in [0.25, 0.3) is 0 Å². The summed E-state index contributed by atoms with van der Waals surface area (Å²) < 4.78 is 27.7. The van der Waals surface area contributed by atoms with E-state index in [-0.39, 0.29) is 37.5 Å². The predicted molar refractivity (Wildman–Crippen MR) is 207 cm³/mol. The largest absolute Gasteiger partial charge is 0.463 e. The zero-order valence-electron chi connectivity index (χ0n) is 32.0. The van der Waals surface area contributed by atoms with Crippen molar-refractivity contribution in [3.05, 3.63) is 0 Å². The highest BCUT2D eigenvalue weighted by molar-refractivity contribution is 7.80. The van der Waals surface area contributed by atoms with Gasteiger partial charge >= 0.3 is 19.7 Å². The van der Waals surface area contributed by atoms with E-state index in [1.807, 2.05) is 0 Å². The third-order valence-corrected chi connectivity index (χ3v) is 9.61. The van der Waals surface area contributed by atoms with E-state index in [1.165, 1.54) is 64.7 Å². The van der Waals surface area contributed by atoms with Gasteiger partial charge in [-0.2, -0.15) is 12.6 Å². The van der Waals surface area contributed by atoms with Crippen LogP contribution < -0.4 is 27.2 Å². The molecule has 0 fully saturated rings. The Labute approximate surface area is 325 Å².